The van der Waals surface area contributed by atoms with E-state index < -0.39 is 0 Å². The molecule has 0 aliphatic heterocycles. The fourth-order valence-electron chi connectivity index (χ4n) is 1.40. The first kappa shape index (κ1) is 13.4. The molecule has 0 unspecified atom stereocenters. The van der Waals surface area contributed by atoms with Crippen LogP contribution in [0.25, 0.3) is 0 Å². The number of carbonyl (C=O) groups is 1. The van der Waals surface area contributed by atoms with Crippen LogP contribution in [0.15, 0.2) is 12.4 Å². The van der Waals surface area contributed by atoms with Crippen molar-refractivity contribution in [2.75, 3.05) is 25.5 Å². The number of nitrogens with zero attached hydrogens (tertiary/aromatic N) is 3. The first-order chi connectivity index (χ1) is 8.19. The van der Waals surface area contributed by atoms with Gasteiger partial charge in [-0.3, -0.25) is 4.79 Å². The molecule has 94 valence electrons. The molecule has 1 N–H and O–H groups in total. The van der Waals surface area contributed by atoms with Crippen LogP contribution in [0.3, 0.4) is 0 Å². The second kappa shape index (κ2) is 6.83. The molecule has 1 aromatic heterocycles. The number of aromatic nitrogens is 2. The SMILES string of the molecule is CCCCN(C)C(=O)c1cnc(NCC)cn1. The minimum absolute atomic E-state index is 0.0750. The average Bonchev–Trinajstić information content (AvgIpc) is 2.36. The Kier molecular flexibility index (Phi) is 5.39. The Hall–Kier alpha value is -1.65. The molecule has 0 spiro atoms. The van der Waals surface area contributed by atoms with Crippen LogP contribution in [0, 0.1) is 0 Å². The molecule has 5 nitrogen and oxygen atoms in total. The van der Waals surface area contributed by atoms with E-state index in [1.165, 1.54) is 6.20 Å². The van der Waals surface area contributed by atoms with Gasteiger partial charge in [-0.2, -0.15) is 0 Å². The molecule has 0 bridgehead atoms. The molecule has 1 aromatic rings. The van der Waals surface area contributed by atoms with Gasteiger partial charge in [0.25, 0.3) is 5.91 Å². The molecule has 0 atom stereocenters. The van der Waals surface area contributed by atoms with E-state index in [9.17, 15) is 4.79 Å². The number of nitrogens with one attached hydrogen (secondary N) is 1. The Labute approximate surface area is 102 Å². The maximum atomic E-state index is 11.9. The van der Waals surface area contributed by atoms with E-state index in [1.807, 2.05) is 6.92 Å². The number of amides is 1. The maximum absolute atomic E-state index is 11.9. The fraction of sp³-hybridized carbons (Fsp3) is 0.583. The van der Waals surface area contributed by atoms with Gasteiger partial charge in [-0.1, -0.05) is 13.3 Å². The van der Waals surface area contributed by atoms with Crippen LogP contribution in [0.4, 0.5) is 5.82 Å². The van der Waals surface area contributed by atoms with Crippen LogP contribution >= 0.6 is 0 Å². The van der Waals surface area contributed by atoms with E-state index in [1.54, 1.807) is 18.1 Å². The molecule has 1 amide bonds. The molecule has 5 heteroatoms. The number of hydrogen-bond donors (Lipinski definition) is 1. The second-order valence-corrected chi connectivity index (χ2v) is 3.90. The zero-order valence-electron chi connectivity index (χ0n) is 10.7. The molecule has 0 fully saturated rings. The molecule has 0 saturated heterocycles. The zero-order chi connectivity index (χ0) is 12.7. The Morgan fingerprint density at radius 1 is 1.35 bits per heavy atom. The van der Waals surface area contributed by atoms with Crippen LogP contribution in [-0.4, -0.2) is 40.9 Å². The van der Waals surface area contributed by atoms with E-state index in [4.69, 9.17) is 0 Å². The van der Waals surface area contributed by atoms with Crippen molar-refractivity contribution in [2.24, 2.45) is 0 Å². The monoisotopic (exact) mass is 236 g/mol. The first-order valence-electron chi connectivity index (χ1n) is 6.00. The summed E-state index contributed by atoms with van der Waals surface area (Å²) in [7, 11) is 1.79. The van der Waals surface area contributed by atoms with Gasteiger partial charge in [-0.15, -0.1) is 0 Å². The van der Waals surface area contributed by atoms with Gasteiger partial charge in [0.05, 0.1) is 12.4 Å². The molecule has 0 radical (unpaired) electrons. The highest BCUT2D eigenvalue weighted by atomic mass is 16.2. The molecule has 0 aliphatic carbocycles. The van der Waals surface area contributed by atoms with Gasteiger partial charge in [0.15, 0.2) is 0 Å². The van der Waals surface area contributed by atoms with Gasteiger partial charge >= 0.3 is 0 Å². The fourth-order valence-corrected chi connectivity index (χ4v) is 1.40. The lowest BCUT2D eigenvalue weighted by Gasteiger charge is -2.15. The predicted molar refractivity (Wildman–Crippen MR) is 68.1 cm³/mol. The first-order valence-corrected chi connectivity index (χ1v) is 6.00. The van der Waals surface area contributed by atoms with E-state index in [0.29, 0.717) is 11.5 Å². The Balaban J connectivity index is 2.62. The summed E-state index contributed by atoms with van der Waals surface area (Å²) in [6, 6.07) is 0. The summed E-state index contributed by atoms with van der Waals surface area (Å²) in [5.74, 6) is 0.620. The molecule has 0 saturated carbocycles. The van der Waals surface area contributed by atoms with Crippen molar-refractivity contribution >= 4 is 11.7 Å². The topological polar surface area (TPSA) is 58.1 Å². The summed E-state index contributed by atoms with van der Waals surface area (Å²) in [6.07, 6.45) is 5.18. The summed E-state index contributed by atoms with van der Waals surface area (Å²) in [5.41, 5.74) is 0.394. The number of unbranched alkanes of at least 4 members (excludes halogenated alkanes) is 1. The molecular formula is C12H20N4O. The lowest BCUT2D eigenvalue weighted by atomic mass is 10.3. The highest BCUT2D eigenvalue weighted by Crippen LogP contribution is 2.04. The third-order valence-corrected chi connectivity index (χ3v) is 2.42. The van der Waals surface area contributed by atoms with Crippen molar-refractivity contribution < 1.29 is 4.79 Å². The summed E-state index contributed by atoms with van der Waals surface area (Å²) in [5, 5.41) is 3.04. The van der Waals surface area contributed by atoms with E-state index in [-0.39, 0.29) is 5.91 Å². The van der Waals surface area contributed by atoms with E-state index >= 15 is 0 Å². The third kappa shape index (κ3) is 4.01. The van der Waals surface area contributed by atoms with E-state index in [0.717, 1.165) is 25.9 Å². The summed E-state index contributed by atoms with van der Waals surface area (Å²) < 4.78 is 0. The second-order valence-electron chi connectivity index (χ2n) is 3.90. The molecule has 1 heterocycles. The van der Waals surface area contributed by atoms with Crippen LogP contribution in [0.2, 0.25) is 0 Å². The largest absolute Gasteiger partial charge is 0.369 e. The average molecular weight is 236 g/mol. The Morgan fingerprint density at radius 2 is 2.12 bits per heavy atom. The van der Waals surface area contributed by atoms with Gasteiger partial charge in [0.2, 0.25) is 0 Å². The normalized spacial score (nSPS) is 10.1. The lowest BCUT2D eigenvalue weighted by molar-refractivity contribution is 0.0787. The molecule has 17 heavy (non-hydrogen) atoms. The van der Waals surface area contributed by atoms with Gasteiger partial charge < -0.3 is 10.2 Å². The molecule has 0 aromatic carbocycles. The van der Waals surface area contributed by atoms with Gasteiger partial charge in [-0.05, 0) is 13.3 Å². The van der Waals surface area contributed by atoms with Gasteiger partial charge in [0, 0.05) is 20.1 Å². The molecule has 0 aliphatic rings. The number of carbonyl (C=O) groups excluding carboxylic acids is 1. The van der Waals surface area contributed by atoms with Crippen LogP contribution in [-0.2, 0) is 0 Å². The Morgan fingerprint density at radius 3 is 2.65 bits per heavy atom. The third-order valence-electron chi connectivity index (χ3n) is 2.42. The summed E-state index contributed by atoms with van der Waals surface area (Å²) >= 11 is 0. The highest BCUT2D eigenvalue weighted by Gasteiger charge is 2.12. The summed E-state index contributed by atoms with van der Waals surface area (Å²) in [6.45, 7) is 5.63. The van der Waals surface area contributed by atoms with Crippen molar-refractivity contribution in [3.63, 3.8) is 0 Å². The lowest BCUT2D eigenvalue weighted by Crippen LogP contribution is -2.28. The quantitative estimate of drug-likeness (QED) is 0.818. The molecular weight excluding hydrogens is 216 g/mol. The van der Waals surface area contributed by atoms with Gasteiger partial charge in [0.1, 0.15) is 11.5 Å². The maximum Gasteiger partial charge on any atom is 0.273 e. The smallest absolute Gasteiger partial charge is 0.273 e. The van der Waals surface area contributed by atoms with Crippen LogP contribution < -0.4 is 5.32 Å². The van der Waals surface area contributed by atoms with Gasteiger partial charge in [-0.25, -0.2) is 9.97 Å². The van der Waals surface area contributed by atoms with Crippen LogP contribution in [0.5, 0.6) is 0 Å². The standard InChI is InChI=1S/C12H20N4O/c1-4-6-7-16(3)12(17)10-8-15-11(9-14-10)13-5-2/h8-9H,4-7H2,1-3H3,(H,13,15). The van der Waals surface area contributed by atoms with Crippen molar-refractivity contribution in [3.05, 3.63) is 18.1 Å². The van der Waals surface area contributed by atoms with E-state index in [2.05, 4.69) is 22.2 Å². The van der Waals surface area contributed by atoms with Crippen LogP contribution in [0.1, 0.15) is 37.2 Å². The van der Waals surface area contributed by atoms with Crippen molar-refractivity contribution in [1.29, 1.82) is 0 Å². The zero-order valence-corrected chi connectivity index (χ0v) is 10.7. The molecule has 1 rings (SSSR count). The number of rotatable bonds is 6. The minimum atomic E-state index is -0.0750. The van der Waals surface area contributed by atoms with Crippen molar-refractivity contribution in [1.82, 2.24) is 14.9 Å². The Bertz CT molecular complexity index is 350. The number of anilines is 1. The number of hydrogen-bond acceptors (Lipinski definition) is 4. The predicted octanol–water partition coefficient (Wildman–Crippen LogP) is 1.78. The highest BCUT2D eigenvalue weighted by molar-refractivity contribution is 5.91. The van der Waals surface area contributed by atoms with Crippen molar-refractivity contribution in [3.8, 4) is 0 Å². The summed E-state index contributed by atoms with van der Waals surface area (Å²) in [4.78, 5) is 21.8. The minimum Gasteiger partial charge on any atom is -0.369 e. The van der Waals surface area contributed by atoms with Crippen molar-refractivity contribution in [2.45, 2.75) is 26.7 Å².